The van der Waals surface area contributed by atoms with Gasteiger partial charge in [0.15, 0.2) is 0 Å². The molecule has 0 saturated carbocycles. The van der Waals surface area contributed by atoms with Crippen molar-refractivity contribution >= 4 is 28.4 Å². The van der Waals surface area contributed by atoms with Crippen molar-refractivity contribution in [1.29, 1.82) is 0 Å². The summed E-state index contributed by atoms with van der Waals surface area (Å²) in [5.74, 6) is 1.68. The Hall–Kier alpha value is -2.50. The number of hydrogen-bond acceptors (Lipinski definition) is 4. The summed E-state index contributed by atoms with van der Waals surface area (Å²) in [5, 5.41) is 5.31. The molecule has 1 atom stereocenters. The molecule has 1 fully saturated rings. The Morgan fingerprint density at radius 2 is 1.97 bits per heavy atom. The van der Waals surface area contributed by atoms with Crippen molar-refractivity contribution in [3.8, 4) is 5.75 Å². The number of carbonyl (C=O) groups excluding carboxylic acids is 1. The number of amides is 1. The predicted molar refractivity (Wildman–Crippen MR) is 118 cm³/mol. The van der Waals surface area contributed by atoms with Gasteiger partial charge in [0.05, 0.1) is 18.8 Å². The van der Waals surface area contributed by atoms with E-state index in [4.69, 9.17) is 9.47 Å². The molecule has 0 bridgehead atoms. The van der Waals surface area contributed by atoms with Crippen molar-refractivity contribution in [2.45, 2.75) is 30.4 Å². The van der Waals surface area contributed by atoms with Crippen LogP contribution < -0.4 is 10.1 Å². The molecule has 1 amide bonds. The molecule has 1 unspecified atom stereocenters. The van der Waals surface area contributed by atoms with Crippen molar-refractivity contribution in [3.05, 3.63) is 71.8 Å². The Balaban J connectivity index is 1.41. The lowest BCUT2D eigenvalue weighted by atomic mass is 10.1. The largest absolute Gasteiger partial charge is 0.497 e. The molecule has 0 aliphatic carbocycles. The third-order valence-electron chi connectivity index (χ3n) is 5.15. The third kappa shape index (κ3) is 4.92. The maximum absolute atomic E-state index is 12.8. The molecule has 1 saturated heterocycles. The van der Waals surface area contributed by atoms with Crippen LogP contribution in [0.3, 0.4) is 0 Å². The fourth-order valence-electron chi connectivity index (χ4n) is 3.53. The molecule has 0 radical (unpaired) electrons. The van der Waals surface area contributed by atoms with E-state index in [2.05, 4.69) is 17.4 Å². The van der Waals surface area contributed by atoms with E-state index in [-0.39, 0.29) is 5.91 Å². The summed E-state index contributed by atoms with van der Waals surface area (Å²) in [6.07, 6.45) is 2.54. The summed E-state index contributed by atoms with van der Waals surface area (Å²) < 4.78 is 11.0. The summed E-state index contributed by atoms with van der Waals surface area (Å²) in [7, 11) is 1.67. The zero-order valence-corrected chi connectivity index (χ0v) is 17.3. The molecule has 1 N–H and O–H groups in total. The summed E-state index contributed by atoms with van der Waals surface area (Å²) in [4.78, 5) is 13.8. The molecule has 4 nitrogen and oxygen atoms in total. The quantitative estimate of drug-likeness (QED) is 0.557. The number of methoxy groups -OCH3 is 1. The minimum Gasteiger partial charge on any atom is -0.497 e. The Morgan fingerprint density at radius 1 is 1.14 bits per heavy atom. The highest BCUT2D eigenvalue weighted by molar-refractivity contribution is 7.99. The fraction of sp³-hybridized carbons (Fsp3) is 0.292. The van der Waals surface area contributed by atoms with E-state index in [1.807, 2.05) is 48.5 Å². The average molecular weight is 408 g/mol. The Kier molecular flexibility index (Phi) is 6.37. The number of ether oxygens (including phenoxy) is 2. The minimum absolute atomic E-state index is 0.0460. The second-order valence-electron chi connectivity index (χ2n) is 7.17. The predicted octanol–water partition coefficient (Wildman–Crippen LogP) is 5.05. The summed E-state index contributed by atoms with van der Waals surface area (Å²) >= 11 is 1.70. The van der Waals surface area contributed by atoms with E-state index in [9.17, 15) is 4.79 Å². The van der Waals surface area contributed by atoms with Gasteiger partial charge in [-0.05, 0) is 59.5 Å². The van der Waals surface area contributed by atoms with Gasteiger partial charge in [-0.1, -0.05) is 30.3 Å². The summed E-state index contributed by atoms with van der Waals surface area (Å²) in [5.41, 5.74) is 1.79. The number of hydrogen-bond donors (Lipinski definition) is 1. The van der Waals surface area contributed by atoms with Crippen LogP contribution in [0.4, 0.5) is 0 Å². The Labute approximate surface area is 175 Å². The SMILES string of the molecule is COc1ccc2cc(CNC(=O)c3ccccc3SCC3CCCO3)ccc2c1. The molecule has 1 heterocycles. The first kappa shape index (κ1) is 19.8. The number of thioether (sulfide) groups is 1. The van der Waals surface area contributed by atoms with E-state index in [1.54, 1.807) is 18.9 Å². The van der Waals surface area contributed by atoms with Crippen molar-refractivity contribution in [2.24, 2.45) is 0 Å². The molecule has 1 aliphatic heterocycles. The highest BCUT2D eigenvalue weighted by atomic mass is 32.2. The van der Waals surface area contributed by atoms with Gasteiger partial charge < -0.3 is 14.8 Å². The summed E-state index contributed by atoms with van der Waals surface area (Å²) in [6, 6.07) is 20.0. The Bertz CT molecular complexity index is 998. The monoisotopic (exact) mass is 407 g/mol. The van der Waals surface area contributed by atoms with Crippen molar-refractivity contribution in [1.82, 2.24) is 5.32 Å². The number of fused-ring (bicyclic) bond motifs is 1. The molecule has 1 aliphatic rings. The Morgan fingerprint density at radius 3 is 2.79 bits per heavy atom. The van der Waals surface area contributed by atoms with Gasteiger partial charge in [-0.15, -0.1) is 11.8 Å². The van der Waals surface area contributed by atoms with Crippen LogP contribution in [0.5, 0.6) is 5.75 Å². The zero-order chi connectivity index (χ0) is 20.1. The fourth-order valence-corrected chi connectivity index (χ4v) is 4.65. The molecule has 29 heavy (non-hydrogen) atoms. The van der Waals surface area contributed by atoms with Crippen LogP contribution in [0.25, 0.3) is 10.8 Å². The topological polar surface area (TPSA) is 47.6 Å². The van der Waals surface area contributed by atoms with Crippen LogP contribution in [0.2, 0.25) is 0 Å². The van der Waals surface area contributed by atoms with Crippen LogP contribution in [0.15, 0.2) is 65.6 Å². The maximum atomic E-state index is 12.8. The van der Waals surface area contributed by atoms with Gasteiger partial charge in [-0.2, -0.15) is 0 Å². The van der Waals surface area contributed by atoms with Crippen LogP contribution >= 0.6 is 11.8 Å². The lowest BCUT2D eigenvalue weighted by molar-refractivity contribution is 0.0948. The van der Waals surface area contributed by atoms with Gasteiger partial charge in [0.2, 0.25) is 0 Å². The van der Waals surface area contributed by atoms with Crippen LogP contribution in [0.1, 0.15) is 28.8 Å². The molecular weight excluding hydrogens is 382 g/mol. The molecule has 3 aromatic rings. The lowest BCUT2D eigenvalue weighted by Crippen LogP contribution is -2.23. The average Bonchev–Trinajstić information content (AvgIpc) is 3.29. The zero-order valence-electron chi connectivity index (χ0n) is 16.5. The smallest absolute Gasteiger partial charge is 0.252 e. The van der Waals surface area contributed by atoms with Crippen molar-refractivity contribution in [3.63, 3.8) is 0 Å². The number of carbonyl (C=O) groups is 1. The lowest BCUT2D eigenvalue weighted by Gasteiger charge is -2.13. The van der Waals surface area contributed by atoms with Crippen LogP contribution in [0, 0.1) is 0 Å². The minimum atomic E-state index is -0.0460. The number of nitrogens with one attached hydrogen (secondary N) is 1. The highest BCUT2D eigenvalue weighted by Gasteiger charge is 2.17. The maximum Gasteiger partial charge on any atom is 0.252 e. The van der Waals surface area contributed by atoms with E-state index in [0.29, 0.717) is 12.6 Å². The first-order valence-electron chi connectivity index (χ1n) is 9.91. The van der Waals surface area contributed by atoms with Gasteiger partial charge in [0.1, 0.15) is 5.75 Å². The van der Waals surface area contributed by atoms with Crippen LogP contribution in [-0.4, -0.2) is 31.5 Å². The molecule has 0 aromatic heterocycles. The van der Waals surface area contributed by atoms with Gasteiger partial charge in [0, 0.05) is 23.8 Å². The van der Waals surface area contributed by atoms with E-state index < -0.39 is 0 Å². The van der Waals surface area contributed by atoms with Gasteiger partial charge >= 0.3 is 0 Å². The highest BCUT2D eigenvalue weighted by Crippen LogP contribution is 2.27. The van der Waals surface area contributed by atoms with Crippen molar-refractivity contribution < 1.29 is 14.3 Å². The normalized spacial score (nSPS) is 16.1. The molecule has 0 spiro atoms. The molecule has 4 rings (SSSR count). The molecule has 5 heteroatoms. The molecule has 150 valence electrons. The number of benzene rings is 3. The van der Waals surface area contributed by atoms with Crippen molar-refractivity contribution in [2.75, 3.05) is 19.5 Å². The second kappa shape index (κ2) is 9.33. The van der Waals surface area contributed by atoms with Crippen LogP contribution in [-0.2, 0) is 11.3 Å². The third-order valence-corrected chi connectivity index (χ3v) is 6.35. The summed E-state index contributed by atoms with van der Waals surface area (Å²) in [6.45, 7) is 1.34. The first-order chi connectivity index (χ1) is 14.2. The van der Waals surface area contributed by atoms with E-state index in [0.717, 1.165) is 57.7 Å². The number of rotatable bonds is 7. The standard InChI is InChI=1S/C24H25NO3S/c1-27-20-11-10-18-13-17(8-9-19(18)14-20)15-25-24(26)22-6-2-3-7-23(22)29-16-21-5-4-12-28-21/h2-3,6-11,13-14,21H,4-5,12,15-16H2,1H3,(H,25,26). The second-order valence-corrected chi connectivity index (χ2v) is 8.23. The van der Waals surface area contributed by atoms with Gasteiger partial charge in [-0.25, -0.2) is 0 Å². The molecule has 3 aromatic carbocycles. The van der Waals surface area contributed by atoms with Gasteiger partial charge in [0.25, 0.3) is 5.91 Å². The van der Waals surface area contributed by atoms with E-state index >= 15 is 0 Å². The first-order valence-corrected chi connectivity index (χ1v) is 10.9. The van der Waals surface area contributed by atoms with Gasteiger partial charge in [-0.3, -0.25) is 4.79 Å². The van der Waals surface area contributed by atoms with E-state index in [1.165, 1.54) is 0 Å². The molecular formula is C24H25NO3S.